The van der Waals surface area contributed by atoms with E-state index in [0.29, 0.717) is 12.1 Å². The van der Waals surface area contributed by atoms with Gasteiger partial charge in [-0.05, 0) is 42.2 Å². The molecular formula is C17H17NO2. The molecule has 3 rings (SSSR count). The zero-order valence-corrected chi connectivity index (χ0v) is 11.3. The molecule has 2 aromatic carbocycles. The van der Waals surface area contributed by atoms with Gasteiger partial charge < -0.3 is 10.1 Å². The van der Waals surface area contributed by atoms with Gasteiger partial charge in [0, 0.05) is 12.1 Å². The molecule has 0 saturated carbocycles. The van der Waals surface area contributed by atoms with Gasteiger partial charge in [-0.3, -0.25) is 4.79 Å². The van der Waals surface area contributed by atoms with E-state index in [1.807, 2.05) is 42.5 Å². The second-order valence-corrected chi connectivity index (χ2v) is 4.94. The van der Waals surface area contributed by atoms with E-state index in [1.54, 1.807) is 0 Å². The summed E-state index contributed by atoms with van der Waals surface area (Å²) in [7, 11) is 0. The molecule has 0 atom stereocenters. The zero-order valence-electron chi connectivity index (χ0n) is 11.3. The Morgan fingerprint density at radius 2 is 2.00 bits per heavy atom. The van der Waals surface area contributed by atoms with Crippen LogP contribution in [0.2, 0.25) is 0 Å². The number of ether oxygens (including phenoxy) is 1. The fourth-order valence-electron chi connectivity index (χ4n) is 2.40. The molecular weight excluding hydrogens is 250 g/mol. The van der Waals surface area contributed by atoms with Crippen molar-refractivity contribution in [3.8, 4) is 5.75 Å². The molecule has 0 fully saturated rings. The van der Waals surface area contributed by atoms with Crippen molar-refractivity contribution in [2.75, 3.05) is 6.61 Å². The summed E-state index contributed by atoms with van der Waals surface area (Å²) in [6.45, 7) is 1.35. The van der Waals surface area contributed by atoms with Crippen molar-refractivity contribution >= 4 is 5.91 Å². The van der Waals surface area contributed by atoms with Gasteiger partial charge in [0.1, 0.15) is 5.75 Å². The van der Waals surface area contributed by atoms with Crippen LogP contribution in [0.15, 0.2) is 48.5 Å². The Kier molecular flexibility index (Phi) is 3.68. The first-order chi connectivity index (χ1) is 9.83. The van der Waals surface area contributed by atoms with Crippen molar-refractivity contribution in [1.82, 2.24) is 5.32 Å². The van der Waals surface area contributed by atoms with Crippen molar-refractivity contribution in [2.24, 2.45) is 0 Å². The second-order valence-electron chi connectivity index (χ2n) is 4.94. The lowest BCUT2D eigenvalue weighted by atomic mass is 10.0. The first-order valence-corrected chi connectivity index (χ1v) is 6.91. The molecule has 1 amide bonds. The summed E-state index contributed by atoms with van der Waals surface area (Å²) < 4.78 is 5.59. The normalized spacial score (nSPS) is 13.2. The van der Waals surface area contributed by atoms with Crippen LogP contribution in [0.25, 0.3) is 0 Å². The number of hydrogen-bond acceptors (Lipinski definition) is 2. The highest BCUT2D eigenvalue weighted by molar-refractivity contribution is 5.94. The summed E-state index contributed by atoms with van der Waals surface area (Å²) in [6, 6.07) is 15.4. The van der Waals surface area contributed by atoms with Gasteiger partial charge >= 0.3 is 0 Å². The van der Waals surface area contributed by atoms with Crippen molar-refractivity contribution in [3.05, 3.63) is 65.2 Å². The van der Waals surface area contributed by atoms with E-state index in [0.717, 1.165) is 30.8 Å². The van der Waals surface area contributed by atoms with Crippen molar-refractivity contribution in [1.29, 1.82) is 0 Å². The Morgan fingerprint density at radius 1 is 1.15 bits per heavy atom. The quantitative estimate of drug-likeness (QED) is 0.928. The Balaban J connectivity index is 1.65. The third-order valence-electron chi connectivity index (χ3n) is 3.46. The van der Waals surface area contributed by atoms with Gasteiger partial charge in [-0.15, -0.1) is 0 Å². The number of carbonyl (C=O) groups excluding carboxylic acids is 1. The Hall–Kier alpha value is -2.29. The number of amides is 1. The number of carbonyl (C=O) groups is 1. The van der Waals surface area contributed by atoms with Gasteiger partial charge in [-0.1, -0.05) is 30.3 Å². The summed E-state index contributed by atoms with van der Waals surface area (Å²) in [5, 5.41) is 2.94. The van der Waals surface area contributed by atoms with Crippen LogP contribution in [-0.4, -0.2) is 12.5 Å². The molecule has 2 aromatic rings. The Bertz CT molecular complexity index is 608. The van der Waals surface area contributed by atoms with Gasteiger partial charge in [0.05, 0.1) is 6.61 Å². The molecule has 20 heavy (non-hydrogen) atoms. The molecule has 0 unspecified atom stereocenters. The number of fused-ring (bicyclic) bond motifs is 1. The maximum atomic E-state index is 12.0. The molecule has 0 aliphatic carbocycles. The fourth-order valence-corrected chi connectivity index (χ4v) is 2.40. The van der Waals surface area contributed by atoms with Gasteiger partial charge in [-0.25, -0.2) is 0 Å². The molecule has 1 heterocycles. The van der Waals surface area contributed by atoms with E-state index < -0.39 is 0 Å². The van der Waals surface area contributed by atoms with Crippen LogP contribution in [0.3, 0.4) is 0 Å². The Morgan fingerprint density at radius 3 is 2.85 bits per heavy atom. The molecule has 102 valence electrons. The van der Waals surface area contributed by atoms with E-state index in [9.17, 15) is 4.79 Å². The second kappa shape index (κ2) is 5.78. The first-order valence-electron chi connectivity index (χ1n) is 6.91. The predicted molar refractivity (Wildman–Crippen MR) is 77.9 cm³/mol. The number of aryl methyl sites for hydroxylation is 1. The van der Waals surface area contributed by atoms with E-state index in [-0.39, 0.29) is 5.91 Å². The molecule has 0 aromatic heterocycles. The molecule has 1 aliphatic rings. The smallest absolute Gasteiger partial charge is 0.251 e. The molecule has 0 spiro atoms. The molecule has 3 heteroatoms. The third kappa shape index (κ3) is 2.82. The highest BCUT2D eigenvalue weighted by atomic mass is 16.5. The molecule has 1 aliphatic heterocycles. The number of benzene rings is 2. The van der Waals surface area contributed by atoms with E-state index in [2.05, 4.69) is 11.4 Å². The summed E-state index contributed by atoms with van der Waals surface area (Å²) in [5.41, 5.74) is 3.04. The minimum Gasteiger partial charge on any atom is -0.493 e. The maximum Gasteiger partial charge on any atom is 0.251 e. The van der Waals surface area contributed by atoms with Crippen LogP contribution < -0.4 is 10.1 Å². The van der Waals surface area contributed by atoms with E-state index >= 15 is 0 Å². The molecule has 0 bridgehead atoms. The lowest BCUT2D eigenvalue weighted by Crippen LogP contribution is -2.22. The molecule has 0 saturated heterocycles. The van der Waals surface area contributed by atoms with Crippen LogP contribution >= 0.6 is 0 Å². The first kappa shape index (κ1) is 12.7. The zero-order chi connectivity index (χ0) is 13.8. The summed E-state index contributed by atoms with van der Waals surface area (Å²) in [6.07, 6.45) is 2.11. The van der Waals surface area contributed by atoms with E-state index in [1.165, 1.54) is 5.56 Å². The van der Waals surface area contributed by atoms with Crippen molar-refractivity contribution in [3.63, 3.8) is 0 Å². The third-order valence-corrected chi connectivity index (χ3v) is 3.46. The SMILES string of the molecule is O=C(NCc1ccc2c(c1)CCCO2)c1ccccc1. The summed E-state index contributed by atoms with van der Waals surface area (Å²) >= 11 is 0. The highest BCUT2D eigenvalue weighted by Crippen LogP contribution is 2.25. The van der Waals surface area contributed by atoms with Crippen LogP contribution in [0.5, 0.6) is 5.75 Å². The van der Waals surface area contributed by atoms with Crippen LogP contribution in [0, 0.1) is 0 Å². The van der Waals surface area contributed by atoms with Crippen molar-refractivity contribution < 1.29 is 9.53 Å². The summed E-state index contributed by atoms with van der Waals surface area (Å²) in [4.78, 5) is 12.0. The average Bonchev–Trinajstić information content (AvgIpc) is 2.53. The lowest BCUT2D eigenvalue weighted by Gasteiger charge is -2.18. The monoisotopic (exact) mass is 267 g/mol. The van der Waals surface area contributed by atoms with Gasteiger partial charge in [0.25, 0.3) is 5.91 Å². The number of rotatable bonds is 3. The van der Waals surface area contributed by atoms with Gasteiger partial charge in [-0.2, -0.15) is 0 Å². The van der Waals surface area contributed by atoms with Gasteiger partial charge in [0.15, 0.2) is 0 Å². The maximum absolute atomic E-state index is 12.0. The highest BCUT2D eigenvalue weighted by Gasteiger charge is 2.11. The van der Waals surface area contributed by atoms with Crippen LogP contribution in [0.4, 0.5) is 0 Å². The topological polar surface area (TPSA) is 38.3 Å². The fraction of sp³-hybridized carbons (Fsp3) is 0.235. The molecule has 1 N–H and O–H groups in total. The summed E-state index contributed by atoms with van der Waals surface area (Å²) in [5.74, 6) is 0.939. The number of hydrogen-bond donors (Lipinski definition) is 1. The number of nitrogens with one attached hydrogen (secondary N) is 1. The minimum absolute atomic E-state index is 0.0421. The minimum atomic E-state index is -0.0421. The van der Waals surface area contributed by atoms with Crippen molar-refractivity contribution in [2.45, 2.75) is 19.4 Å². The van der Waals surface area contributed by atoms with E-state index in [4.69, 9.17) is 4.74 Å². The largest absolute Gasteiger partial charge is 0.493 e. The van der Waals surface area contributed by atoms with Crippen LogP contribution in [-0.2, 0) is 13.0 Å². The standard InChI is InChI=1S/C17H17NO2/c19-17(14-5-2-1-3-6-14)18-12-13-8-9-16-15(11-13)7-4-10-20-16/h1-3,5-6,8-9,11H,4,7,10,12H2,(H,18,19). The van der Waals surface area contributed by atoms with Gasteiger partial charge in [0.2, 0.25) is 0 Å². The van der Waals surface area contributed by atoms with Crippen LogP contribution in [0.1, 0.15) is 27.9 Å². The average molecular weight is 267 g/mol. The Labute approximate surface area is 118 Å². The predicted octanol–water partition coefficient (Wildman–Crippen LogP) is 2.94. The lowest BCUT2D eigenvalue weighted by molar-refractivity contribution is 0.0951. The molecule has 0 radical (unpaired) electrons. The molecule has 3 nitrogen and oxygen atoms in total.